The van der Waals surface area contributed by atoms with E-state index in [0.717, 1.165) is 6.07 Å². The number of aliphatic hydroxyl groups excluding tert-OH is 1. The summed E-state index contributed by atoms with van der Waals surface area (Å²) in [4.78, 5) is 7.67. The van der Waals surface area contributed by atoms with Crippen molar-refractivity contribution in [2.45, 2.75) is 6.10 Å². The second-order valence-corrected chi connectivity index (χ2v) is 4.91. The Labute approximate surface area is 133 Å². The number of imidazole rings is 2. The van der Waals surface area contributed by atoms with Crippen LogP contribution in [0.4, 0.5) is 4.39 Å². The van der Waals surface area contributed by atoms with E-state index in [1.165, 1.54) is 18.3 Å². The van der Waals surface area contributed by atoms with Gasteiger partial charge in [0.25, 0.3) is 0 Å². The van der Waals surface area contributed by atoms with Gasteiger partial charge in [-0.1, -0.05) is 6.07 Å². The zero-order chi connectivity index (χ0) is 16.8. The minimum Gasteiger partial charge on any atom is -0.382 e. The molecule has 1 atom stereocenters. The molecule has 1 N–H and O–H groups in total. The van der Waals surface area contributed by atoms with E-state index in [9.17, 15) is 9.50 Å². The van der Waals surface area contributed by atoms with Gasteiger partial charge in [0.05, 0.1) is 30.1 Å². The lowest BCUT2D eigenvalue weighted by Crippen LogP contribution is -2.05. The van der Waals surface area contributed by atoms with Crippen LogP contribution in [0.25, 0.3) is 0 Å². The van der Waals surface area contributed by atoms with Crippen molar-refractivity contribution in [3.05, 3.63) is 72.1 Å². The predicted molar refractivity (Wildman–Crippen MR) is 81.6 cm³/mol. The normalized spacial score (nSPS) is 11.3. The van der Waals surface area contributed by atoms with E-state index in [0.29, 0.717) is 11.3 Å². The largest absolute Gasteiger partial charge is 0.382 e. The van der Waals surface area contributed by atoms with Crippen LogP contribution in [-0.4, -0.2) is 24.2 Å². The van der Waals surface area contributed by atoms with Crippen molar-refractivity contribution in [2.75, 3.05) is 0 Å². The Morgan fingerprint density at radius 3 is 2.48 bits per heavy atom. The van der Waals surface area contributed by atoms with Crippen LogP contribution in [0.5, 0.6) is 0 Å². The number of aryl methyl sites for hydroxylation is 2. The minimum absolute atomic E-state index is 0.0362. The topological polar surface area (TPSA) is 79.7 Å². The van der Waals surface area contributed by atoms with Crippen LogP contribution in [-0.2, 0) is 14.1 Å². The molecule has 0 aliphatic heterocycles. The van der Waals surface area contributed by atoms with Crippen molar-refractivity contribution >= 4 is 0 Å². The zero-order valence-corrected chi connectivity index (χ0v) is 12.8. The molecule has 7 heteroatoms. The maximum absolute atomic E-state index is 13.4. The molecule has 3 rings (SSSR count). The van der Waals surface area contributed by atoms with Crippen molar-refractivity contribution in [1.29, 1.82) is 5.26 Å². The minimum atomic E-state index is -0.954. The van der Waals surface area contributed by atoms with Gasteiger partial charge in [0.15, 0.2) is 0 Å². The summed E-state index contributed by atoms with van der Waals surface area (Å²) in [6.45, 7) is 0. The maximum atomic E-state index is 13.4. The number of nitrogens with zero attached hydrogens (tertiary/aromatic N) is 5. The molecule has 1 unspecified atom stereocenters. The summed E-state index contributed by atoms with van der Waals surface area (Å²) in [6.07, 6.45) is 7.50. The van der Waals surface area contributed by atoms with Crippen LogP contribution >= 0.6 is 0 Å². The quantitative estimate of drug-likeness (QED) is 0.784. The molecule has 1 aromatic carbocycles. The van der Waals surface area contributed by atoms with Gasteiger partial charge >= 0.3 is 0 Å². The fourth-order valence-electron chi connectivity index (χ4n) is 1.92. The van der Waals surface area contributed by atoms with E-state index < -0.39 is 11.9 Å². The summed E-state index contributed by atoms with van der Waals surface area (Å²) >= 11 is 0. The Balaban J connectivity index is 0.000000268. The van der Waals surface area contributed by atoms with Crippen LogP contribution < -0.4 is 0 Å². The van der Waals surface area contributed by atoms with Gasteiger partial charge in [0.2, 0.25) is 0 Å². The summed E-state index contributed by atoms with van der Waals surface area (Å²) in [6, 6.07) is 5.77. The summed E-state index contributed by atoms with van der Waals surface area (Å²) in [5, 5.41) is 18.6. The third kappa shape index (κ3) is 4.02. The molecule has 0 saturated heterocycles. The van der Waals surface area contributed by atoms with Gasteiger partial charge < -0.3 is 14.2 Å². The number of aromatic nitrogens is 4. The van der Waals surface area contributed by atoms with Crippen LogP contribution in [0.1, 0.15) is 22.9 Å². The zero-order valence-electron chi connectivity index (χ0n) is 12.8. The Bertz CT molecular complexity index is 804. The smallest absolute Gasteiger partial charge is 0.141 e. The number of aliphatic hydroxyl groups is 1. The van der Waals surface area contributed by atoms with Gasteiger partial charge in [-0.15, -0.1) is 0 Å². The van der Waals surface area contributed by atoms with E-state index in [1.54, 1.807) is 36.5 Å². The Morgan fingerprint density at radius 1 is 1.26 bits per heavy atom. The van der Waals surface area contributed by atoms with Crippen LogP contribution in [0.2, 0.25) is 0 Å². The summed E-state index contributed by atoms with van der Waals surface area (Å²) in [5.41, 5.74) is 0.921. The van der Waals surface area contributed by atoms with E-state index in [1.807, 2.05) is 17.8 Å². The first-order valence-electron chi connectivity index (χ1n) is 6.78. The average molecular weight is 313 g/mol. The Morgan fingerprint density at radius 2 is 2.04 bits per heavy atom. The predicted octanol–water partition coefficient (Wildman–Crippen LogP) is 1.93. The molecular weight excluding hydrogens is 297 g/mol. The van der Waals surface area contributed by atoms with Gasteiger partial charge in [-0.25, -0.2) is 14.4 Å². The monoisotopic (exact) mass is 313 g/mol. The molecule has 118 valence electrons. The lowest BCUT2D eigenvalue weighted by atomic mass is 10.0. The second kappa shape index (κ2) is 7.33. The fraction of sp³-hybridized carbons (Fsp3) is 0.188. The highest BCUT2D eigenvalue weighted by atomic mass is 19.1. The third-order valence-electron chi connectivity index (χ3n) is 3.20. The highest BCUT2D eigenvalue weighted by molar-refractivity contribution is 5.36. The van der Waals surface area contributed by atoms with Gasteiger partial charge in [-0.3, -0.25) is 0 Å². The molecule has 0 aliphatic carbocycles. The number of halogens is 1. The standard InChI is InChI=1S/C12H10FN3O.C4H6N2/c1-16-7-15-6-11(16)12(17)8-2-3-9(5-14)10(13)4-8;1-6-3-2-5-4-6/h2-4,6-7,12,17H,1H3;2-4H,1H3. The number of nitriles is 1. The van der Waals surface area contributed by atoms with Gasteiger partial charge in [0, 0.05) is 26.5 Å². The van der Waals surface area contributed by atoms with Crippen molar-refractivity contribution in [2.24, 2.45) is 14.1 Å². The Kier molecular flexibility index (Phi) is 5.23. The van der Waals surface area contributed by atoms with E-state index in [2.05, 4.69) is 9.97 Å². The fourth-order valence-corrected chi connectivity index (χ4v) is 1.92. The molecule has 23 heavy (non-hydrogen) atoms. The van der Waals surface area contributed by atoms with Gasteiger partial charge in [-0.05, 0) is 17.7 Å². The first-order valence-corrected chi connectivity index (χ1v) is 6.78. The molecule has 2 heterocycles. The lowest BCUT2D eigenvalue weighted by molar-refractivity contribution is 0.211. The molecule has 3 aromatic rings. The third-order valence-corrected chi connectivity index (χ3v) is 3.20. The van der Waals surface area contributed by atoms with E-state index in [-0.39, 0.29) is 5.56 Å². The first-order chi connectivity index (χ1) is 11.0. The van der Waals surface area contributed by atoms with Gasteiger partial charge in [0.1, 0.15) is 18.0 Å². The molecule has 2 aromatic heterocycles. The average Bonchev–Trinajstić information content (AvgIpc) is 3.18. The number of hydrogen-bond donors (Lipinski definition) is 1. The van der Waals surface area contributed by atoms with Crippen LogP contribution in [0.15, 0.2) is 49.4 Å². The van der Waals surface area contributed by atoms with E-state index in [4.69, 9.17) is 5.26 Å². The van der Waals surface area contributed by atoms with Crippen molar-refractivity contribution in [1.82, 2.24) is 19.1 Å². The molecule has 0 fully saturated rings. The Hall–Kier alpha value is -2.98. The molecule has 6 nitrogen and oxygen atoms in total. The lowest BCUT2D eigenvalue weighted by Gasteiger charge is -2.11. The molecule has 0 radical (unpaired) electrons. The number of benzene rings is 1. The molecule has 0 amide bonds. The second-order valence-electron chi connectivity index (χ2n) is 4.91. The maximum Gasteiger partial charge on any atom is 0.141 e. The molecule has 0 spiro atoms. The molecular formula is C16H16FN5O. The van der Waals surface area contributed by atoms with Crippen molar-refractivity contribution in [3.63, 3.8) is 0 Å². The number of rotatable bonds is 2. The summed E-state index contributed by atoms with van der Waals surface area (Å²) < 4.78 is 16.9. The highest BCUT2D eigenvalue weighted by Crippen LogP contribution is 2.22. The first kappa shape index (κ1) is 16.4. The number of hydrogen-bond acceptors (Lipinski definition) is 4. The molecule has 0 aliphatic rings. The van der Waals surface area contributed by atoms with E-state index >= 15 is 0 Å². The van der Waals surface area contributed by atoms with Crippen molar-refractivity contribution < 1.29 is 9.50 Å². The summed E-state index contributed by atoms with van der Waals surface area (Å²) in [5.74, 6) is -0.633. The SMILES string of the molecule is Cn1ccnc1.Cn1cncc1C(O)c1ccc(C#N)c(F)c1. The molecule has 0 bridgehead atoms. The highest BCUT2D eigenvalue weighted by Gasteiger charge is 2.15. The van der Waals surface area contributed by atoms with Crippen LogP contribution in [0.3, 0.4) is 0 Å². The van der Waals surface area contributed by atoms with Crippen molar-refractivity contribution in [3.8, 4) is 6.07 Å². The molecule has 0 saturated carbocycles. The van der Waals surface area contributed by atoms with Gasteiger partial charge in [-0.2, -0.15) is 5.26 Å². The summed E-state index contributed by atoms with van der Waals surface area (Å²) in [7, 11) is 3.68. The van der Waals surface area contributed by atoms with Crippen LogP contribution in [0, 0.1) is 17.1 Å².